The number of fused-ring (bicyclic) bond motifs is 1. The molecule has 2 aliphatic rings. The number of carbonyl (C=O) groups excluding carboxylic acids is 1. The van der Waals surface area contributed by atoms with Gasteiger partial charge in [-0.2, -0.15) is 0 Å². The second kappa shape index (κ2) is 4.01. The van der Waals surface area contributed by atoms with Crippen molar-refractivity contribution in [1.82, 2.24) is 0 Å². The molecule has 3 rings (SSSR count). The lowest BCUT2D eigenvalue weighted by Gasteiger charge is -2.42. The Kier molecular flexibility index (Phi) is 2.58. The van der Waals surface area contributed by atoms with E-state index in [-0.39, 0.29) is 5.91 Å². The number of amides is 1. The van der Waals surface area contributed by atoms with Crippen LogP contribution in [0.15, 0.2) is 24.3 Å². The molecule has 0 bridgehead atoms. The molecule has 1 heterocycles. The molecule has 3 heteroatoms. The van der Waals surface area contributed by atoms with E-state index in [4.69, 9.17) is 0 Å². The van der Waals surface area contributed by atoms with Crippen molar-refractivity contribution in [1.29, 1.82) is 0 Å². The first-order chi connectivity index (χ1) is 8.59. The van der Waals surface area contributed by atoms with Crippen molar-refractivity contribution in [2.45, 2.75) is 51.1 Å². The highest BCUT2D eigenvalue weighted by Gasteiger charge is 2.41. The second-order valence-electron chi connectivity index (χ2n) is 5.88. The molecule has 1 aromatic rings. The summed E-state index contributed by atoms with van der Waals surface area (Å²) in [6, 6.07) is 8.53. The fourth-order valence-electron chi connectivity index (χ4n) is 3.12. The van der Waals surface area contributed by atoms with Crippen LogP contribution in [0.1, 0.15) is 39.5 Å². The largest absolute Gasteiger partial charge is 0.370 e. The zero-order valence-electron chi connectivity index (χ0n) is 11.1. The van der Waals surface area contributed by atoms with E-state index in [2.05, 4.69) is 11.4 Å². The maximum absolute atomic E-state index is 12.7. The van der Waals surface area contributed by atoms with E-state index in [0.717, 1.165) is 24.2 Å². The van der Waals surface area contributed by atoms with Gasteiger partial charge >= 0.3 is 0 Å². The number of anilines is 2. The van der Waals surface area contributed by atoms with Gasteiger partial charge in [0.05, 0.1) is 11.4 Å². The average molecular weight is 244 g/mol. The Labute approximate surface area is 108 Å². The maximum Gasteiger partial charge on any atom is 0.252 e. The first kappa shape index (κ1) is 11.6. The average Bonchev–Trinajstić information content (AvgIpc) is 2.84. The number of para-hydroxylation sites is 2. The van der Waals surface area contributed by atoms with Crippen LogP contribution in [0.25, 0.3) is 0 Å². The fourth-order valence-corrected chi connectivity index (χ4v) is 3.12. The third-order valence-electron chi connectivity index (χ3n) is 4.05. The molecule has 1 aliphatic carbocycles. The molecule has 0 saturated heterocycles. The SMILES string of the molecule is CC1(C)Nc2ccccc2N(C2CCCC2)C1=O. The van der Waals surface area contributed by atoms with E-state index < -0.39 is 5.54 Å². The monoisotopic (exact) mass is 244 g/mol. The molecule has 0 aromatic heterocycles. The van der Waals surface area contributed by atoms with Crippen LogP contribution in [-0.4, -0.2) is 17.5 Å². The summed E-state index contributed by atoms with van der Waals surface area (Å²) in [6.07, 6.45) is 4.75. The summed E-state index contributed by atoms with van der Waals surface area (Å²) in [4.78, 5) is 14.7. The molecule has 1 saturated carbocycles. The molecule has 0 unspecified atom stereocenters. The van der Waals surface area contributed by atoms with Crippen molar-refractivity contribution >= 4 is 17.3 Å². The van der Waals surface area contributed by atoms with Crippen LogP contribution in [-0.2, 0) is 4.79 Å². The molecule has 18 heavy (non-hydrogen) atoms. The van der Waals surface area contributed by atoms with Crippen molar-refractivity contribution in [2.24, 2.45) is 0 Å². The van der Waals surface area contributed by atoms with Crippen LogP contribution in [0.4, 0.5) is 11.4 Å². The van der Waals surface area contributed by atoms with Crippen molar-refractivity contribution in [2.75, 3.05) is 10.2 Å². The standard InChI is InChI=1S/C15H20N2O/c1-15(2)14(18)17(11-7-3-4-8-11)13-10-6-5-9-12(13)16-15/h5-6,9-11,16H,3-4,7-8H2,1-2H3. The Morgan fingerprint density at radius 2 is 1.89 bits per heavy atom. The van der Waals surface area contributed by atoms with Crippen LogP contribution in [0.5, 0.6) is 0 Å². The Morgan fingerprint density at radius 1 is 1.22 bits per heavy atom. The predicted octanol–water partition coefficient (Wildman–Crippen LogP) is 3.17. The van der Waals surface area contributed by atoms with Gasteiger partial charge in [0.15, 0.2) is 0 Å². The minimum Gasteiger partial charge on any atom is -0.370 e. The van der Waals surface area contributed by atoms with Gasteiger partial charge in [-0.3, -0.25) is 4.79 Å². The highest BCUT2D eigenvalue weighted by atomic mass is 16.2. The summed E-state index contributed by atoms with van der Waals surface area (Å²) < 4.78 is 0. The van der Waals surface area contributed by atoms with Gasteiger partial charge in [0.1, 0.15) is 5.54 Å². The predicted molar refractivity (Wildman–Crippen MR) is 73.9 cm³/mol. The third kappa shape index (κ3) is 1.69. The minimum atomic E-state index is -0.503. The Bertz CT molecular complexity index is 475. The van der Waals surface area contributed by atoms with Crippen molar-refractivity contribution in [3.05, 3.63) is 24.3 Å². The Morgan fingerprint density at radius 3 is 2.61 bits per heavy atom. The van der Waals surface area contributed by atoms with E-state index in [1.54, 1.807) is 0 Å². The van der Waals surface area contributed by atoms with Crippen molar-refractivity contribution < 1.29 is 4.79 Å². The molecular weight excluding hydrogens is 224 g/mol. The summed E-state index contributed by atoms with van der Waals surface area (Å²) in [5, 5.41) is 3.35. The minimum absolute atomic E-state index is 0.202. The summed E-state index contributed by atoms with van der Waals surface area (Å²) in [5.41, 5.74) is 1.62. The highest BCUT2D eigenvalue weighted by molar-refractivity contribution is 6.07. The topological polar surface area (TPSA) is 32.3 Å². The van der Waals surface area contributed by atoms with E-state index >= 15 is 0 Å². The quantitative estimate of drug-likeness (QED) is 0.823. The Balaban J connectivity index is 2.06. The maximum atomic E-state index is 12.7. The molecule has 3 nitrogen and oxygen atoms in total. The van der Waals surface area contributed by atoms with E-state index in [1.807, 2.05) is 36.9 Å². The smallest absolute Gasteiger partial charge is 0.252 e. The zero-order chi connectivity index (χ0) is 12.8. The van der Waals surface area contributed by atoms with Gasteiger partial charge in [-0.05, 0) is 38.8 Å². The molecular formula is C15H20N2O. The van der Waals surface area contributed by atoms with E-state index in [9.17, 15) is 4.79 Å². The van der Waals surface area contributed by atoms with Gasteiger partial charge in [-0.25, -0.2) is 0 Å². The molecule has 96 valence electrons. The van der Waals surface area contributed by atoms with Crippen LogP contribution < -0.4 is 10.2 Å². The number of nitrogens with one attached hydrogen (secondary N) is 1. The van der Waals surface area contributed by atoms with Crippen LogP contribution in [0.3, 0.4) is 0 Å². The number of rotatable bonds is 1. The number of nitrogens with zero attached hydrogens (tertiary/aromatic N) is 1. The molecule has 0 atom stereocenters. The van der Waals surface area contributed by atoms with Crippen LogP contribution >= 0.6 is 0 Å². The molecule has 1 aliphatic heterocycles. The van der Waals surface area contributed by atoms with Gasteiger partial charge in [0.25, 0.3) is 5.91 Å². The molecule has 1 fully saturated rings. The molecule has 1 amide bonds. The fraction of sp³-hybridized carbons (Fsp3) is 0.533. The normalized spacial score (nSPS) is 22.8. The van der Waals surface area contributed by atoms with Gasteiger partial charge in [0.2, 0.25) is 0 Å². The van der Waals surface area contributed by atoms with Crippen molar-refractivity contribution in [3.8, 4) is 0 Å². The zero-order valence-corrected chi connectivity index (χ0v) is 11.1. The molecule has 1 aromatic carbocycles. The lowest BCUT2D eigenvalue weighted by molar-refractivity contribution is -0.122. The number of carbonyl (C=O) groups is 1. The summed E-state index contributed by atoms with van der Waals surface area (Å²) in [7, 11) is 0. The summed E-state index contributed by atoms with van der Waals surface area (Å²) in [6.45, 7) is 3.93. The van der Waals surface area contributed by atoms with E-state index in [0.29, 0.717) is 6.04 Å². The second-order valence-corrected chi connectivity index (χ2v) is 5.88. The Hall–Kier alpha value is -1.51. The highest BCUT2D eigenvalue weighted by Crippen LogP contribution is 2.39. The molecule has 0 radical (unpaired) electrons. The van der Waals surface area contributed by atoms with Gasteiger partial charge in [-0.15, -0.1) is 0 Å². The van der Waals surface area contributed by atoms with Gasteiger partial charge in [0, 0.05) is 6.04 Å². The van der Waals surface area contributed by atoms with Gasteiger partial charge in [-0.1, -0.05) is 25.0 Å². The first-order valence-corrected chi connectivity index (χ1v) is 6.80. The number of benzene rings is 1. The lowest BCUT2D eigenvalue weighted by atomic mass is 9.96. The summed E-state index contributed by atoms with van der Waals surface area (Å²) in [5.74, 6) is 0.202. The molecule has 0 spiro atoms. The van der Waals surface area contributed by atoms with Crippen molar-refractivity contribution in [3.63, 3.8) is 0 Å². The number of hydrogen-bond acceptors (Lipinski definition) is 2. The first-order valence-electron chi connectivity index (χ1n) is 6.80. The molecule has 1 N–H and O–H groups in total. The lowest BCUT2D eigenvalue weighted by Crippen LogP contribution is -2.56. The van der Waals surface area contributed by atoms with Crippen LogP contribution in [0, 0.1) is 0 Å². The number of hydrogen-bond donors (Lipinski definition) is 1. The summed E-state index contributed by atoms with van der Waals surface area (Å²) >= 11 is 0. The van der Waals surface area contributed by atoms with Gasteiger partial charge < -0.3 is 10.2 Å². The van der Waals surface area contributed by atoms with Crippen LogP contribution in [0.2, 0.25) is 0 Å². The third-order valence-corrected chi connectivity index (χ3v) is 4.05. The van der Waals surface area contributed by atoms with E-state index in [1.165, 1.54) is 12.8 Å².